The van der Waals surface area contributed by atoms with Crippen LogP contribution in [-0.4, -0.2) is 27.1 Å². The summed E-state index contributed by atoms with van der Waals surface area (Å²) in [6.45, 7) is 1.44. The van der Waals surface area contributed by atoms with Crippen LogP contribution in [0.2, 0.25) is 0 Å². The van der Waals surface area contributed by atoms with Gasteiger partial charge in [0.15, 0.2) is 6.10 Å². The van der Waals surface area contributed by atoms with Crippen molar-refractivity contribution in [1.82, 2.24) is 4.98 Å². The molecule has 0 aliphatic carbocycles. The fourth-order valence-corrected chi connectivity index (χ4v) is 2.30. The molecule has 8 heteroatoms. The standard InChI is InChI=1S/C18H14N2O6/c1-11(18(21)22)25-12-5-7-13(8-6-12)26-17-10-9-14-15(19-17)3-2-4-16(14)20(23)24/h2-11H,1H3,(H,21,22)/t11-/m1/s1. The van der Waals surface area contributed by atoms with Crippen molar-refractivity contribution in [2.24, 2.45) is 0 Å². The van der Waals surface area contributed by atoms with Crippen LogP contribution in [0, 0.1) is 10.1 Å². The molecule has 3 rings (SSSR count). The van der Waals surface area contributed by atoms with Crippen molar-refractivity contribution < 1.29 is 24.3 Å². The first-order valence-corrected chi connectivity index (χ1v) is 7.65. The molecule has 132 valence electrons. The molecule has 0 spiro atoms. The molecule has 1 atom stereocenters. The second-order valence-corrected chi connectivity index (χ2v) is 5.42. The largest absolute Gasteiger partial charge is 0.479 e. The third-order valence-corrected chi connectivity index (χ3v) is 3.59. The van der Waals surface area contributed by atoms with E-state index in [4.69, 9.17) is 14.6 Å². The molecule has 2 aromatic carbocycles. The Kier molecular flexibility index (Phi) is 4.66. The second-order valence-electron chi connectivity index (χ2n) is 5.42. The van der Waals surface area contributed by atoms with Crippen LogP contribution in [0.3, 0.4) is 0 Å². The lowest BCUT2D eigenvalue weighted by Gasteiger charge is -2.11. The molecule has 1 aromatic heterocycles. The molecular formula is C18H14N2O6. The number of pyridine rings is 1. The van der Waals surface area contributed by atoms with Crippen LogP contribution in [0.15, 0.2) is 54.6 Å². The lowest BCUT2D eigenvalue weighted by molar-refractivity contribution is -0.383. The Balaban J connectivity index is 1.78. The smallest absolute Gasteiger partial charge is 0.344 e. The molecule has 0 radical (unpaired) electrons. The summed E-state index contributed by atoms with van der Waals surface area (Å²) in [4.78, 5) is 25.6. The van der Waals surface area contributed by atoms with E-state index in [-0.39, 0.29) is 11.6 Å². The van der Waals surface area contributed by atoms with Gasteiger partial charge >= 0.3 is 5.97 Å². The topological polar surface area (TPSA) is 112 Å². The minimum Gasteiger partial charge on any atom is -0.479 e. The number of non-ortho nitro benzene ring substituents is 1. The number of hydrogen-bond acceptors (Lipinski definition) is 6. The predicted octanol–water partition coefficient (Wildman–Crippen LogP) is 3.79. The maximum absolute atomic E-state index is 11.0. The average Bonchev–Trinajstić information content (AvgIpc) is 2.62. The van der Waals surface area contributed by atoms with Crippen LogP contribution in [0.5, 0.6) is 17.4 Å². The summed E-state index contributed by atoms with van der Waals surface area (Å²) >= 11 is 0. The normalized spacial score (nSPS) is 11.7. The summed E-state index contributed by atoms with van der Waals surface area (Å²) in [6, 6.07) is 14.2. The van der Waals surface area contributed by atoms with Gasteiger partial charge in [0, 0.05) is 12.1 Å². The Morgan fingerprint density at radius 2 is 1.81 bits per heavy atom. The molecule has 0 fully saturated rings. The molecule has 0 saturated heterocycles. The summed E-state index contributed by atoms with van der Waals surface area (Å²) < 4.78 is 10.9. The van der Waals surface area contributed by atoms with E-state index >= 15 is 0 Å². The average molecular weight is 354 g/mol. The molecule has 0 amide bonds. The van der Waals surface area contributed by atoms with E-state index in [1.807, 2.05) is 0 Å². The first kappa shape index (κ1) is 17.2. The number of nitro benzene ring substituents is 1. The van der Waals surface area contributed by atoms with Gasteiger partial charge in [-0.25, -0.2) is 9.78 Å². The van der Waals surface area contributed by atoms with Crippen LogP contribution >= 0.6 is 0 Å². The summed E-state index contributed by atoms with van der Waals surface area (Å²) in [7, 11) is 0. The highest BCUT2D eigenvalue weighted by Crippen LogP contribution is 2.28. The van der Waals surface area contributed by atoms with Crippen molar-refractivity contribution >= 4 is 22.6 Å². The van der Waals surface area contributed by atoms with Crippen molar-refractivity contribution in [2.45, 2.75) is 13.0 Å². The quantitative estimate of drug-likeness (QED) is 0.529. The van der Waals surface area contributed by atoms with Gasteiger partial charge in [-0.1, -0.05) is 6.07 Å². The van der Waals surface area contributed by atoms with Gasteiger partial charge in [0.25, 0.3) is 5.69 Å². The maximum Gasteiger partial charge on any atom is 0.344 e. The van der Waals surface area contributed by atoms with Crippen molar-refractivity contribution in [3.63, 3.8) is 0 Å². The first-order chi connectivity index (χ1) is 12.4. The van der Waals surface area contributed by atoms with Gasteiger partial charge < -0.3 is 14.6 Å². The van der Waals surface area contributed by atoms with Gasteiger partial charge in [-0.2, -0.15) is 0 Å². The zero-order valence-corrected chi connectivity index (χ0v) is 13.7. The number of carbonyl (C=O) groups is 1. The number of nitrogens with zero attached hydrogens (tertiary/aromatic N) is 2. The number of carboxylic acid groups (broad SMARTS) is 1. The number of aromatic nitrogens is 1. The highest BCUT2D eigenvalue weighted by Gasteiger charge is 2.14. The highest BCUT2D eigenvalue weighted by molar-refractivity contribution is 5.88. The third kappa shape index (κ3) is 3.69. The van der Waals surface area contributed by atoms with Crippen molar-refractivity contribution in [2.75, 3.05) is 0 Å². The van der Waals surface area contributed by atoms with Gasteiger partial charge in [-0.05, 0) is 43.3 Å². The number of aliphatic carboxylic acids is 1. The summed E-state index contributed by atoms with van der Waals surface area (Å²) in [6.07, 6.45) is -0.959. The van der Waals surface area contributed by atoms with Crippen LogP contribution in [0.4, 0.5) is 5.69 Å². The molecule has 0 aliphatic heterocycles. The SMILES string of the molecule is C[C@@H](Oc1ccc(Oc2ccc3c([N+](=O)[O-])cccc3n2)cc1)C(=O)O. The lowest BCUT2D eigenvalue weighted by atomic mass is 10.2. The number of carboxylic acids is 1. The van der Waals surface area contributed by atoms with Gasteiger partial charge in [0.05, 0.1) is 15.8 Å². The highest BCUT2D eigenvalue weighted by atomic mass is 16.6. The molecule has 0 aliphatic rings. The van der Waals surface area contributed by atoms with E-state index < -0.39 is 17.0 Å². The molecule has 26 heavy (non-hydrogen) atoms. The number of ether oxygens (including phenoxy) is 2. The maximum atomic E-state index is 11.0. The Morgan fingerprint density at radius 1 is 1.12 bits per heavy atom. The molecule has 3 aromatic rings. The van der Waals surface area contributed by atoms with Crippen LogP contribution < -0.4 is 9.47 Å². The van der Waals surface area contributed by atoms with Gasteiger partial charge in [-0.15, -0.1) is 0 Å². The number of benzene rings is 2. The first-order valence-electron chi connectivity index (χ1n) is 7.65. The van der Waals surface area contributed by atoms with Crippen LogP contribution in [0.25, 0.3) is 10.9 Å². The molecule has 0 saturated carbocycles. The van der Waals surface area contributed by atoms with Crippen LogP contribution in [-0.2, 0) is 4.79 Å². The minimum absolute atomic E-state index is 0.0180. The summed E-state index contributed by atoms with van der Waals surface area (Å²) in [5, 5.41) is 20.3. The minimum atomic E-state index is -1.06. The molecule has 0 unspecified atom stereocenters. The monoisotopic (exact) mass is 354 g/mol. The Morgan fingerprint density at radius 3 is 2.46 bits per heavy atom. The van der Waals surface area contributed by atoms with E-state index in [0.717, 1.165) is 0 Å². The van der Waals surface area contributed by atoms with Gasteiger partial charge in [-0.3, -0.25) is 10.1 Å². The predicted molar refractivity (Wildman–Crippen MR) is 92.6 cm³/mol. The number of fused-ring (bicyclic) bond motifs is 1. The third-order valence-electron chi connectivity index (χ3n) is 3.59. The van der Waals surface area contributed by atoms with E-state index in [0.29, 0.717) is 22.4 Å². The molecular weight excluding hydrogens is 340 g/mol. The van der Waals surface area contributed by atoms with E-state index in [1.54, 1.807) is 48.5 Å². The summed E-state index contributed by atoms with van der Waals surface area (Å²) in [5.41, 5.74) is 0.433. The molecule has 1 heterocycles. The van der Waals surface area contributed by atoms with Crippen molar-refractivity contribution in [3.8, 4) is 17.4 Å². The fraction of sp³-hybridized carbons (Fsp3) is 0.111. The second kappa shape index (κ2) is 7.06. The summed E-state index contributed by atoms with van der Waals surface area (Å²) in [5.74, 6) is 0.0947. The molecule has 0 bridgehead atoms. The Bertz CT molecular complexity index is 971. The fourth-order valence-electron chi connectivity index (χ4n) is 2.30. The lowest BCUT2D eigenvalue weighted by Crippen LogP contribution is -2.22. The van der Waals surface area contributed by atoms with Gasteiger partial charge in [0.2, 0.25) is 5.88 Å². The number of nitro groups is 1. The van der Waals surface area contributed by atoms with E-state index in [1.165, 1.54) is 13.0 Å². The zero-order valence-electron chi connectivity index (χ0n) is 13.7. The van der Waals surface area contributed by atoms with E-state index in [2.05, 4.69) is 4.98 Å². The van der Waals surface area contributed by atoms with E-state index in [9.17, 15) is 14.9 Å². The van der Waals surface area contributed by atoms with Crippen LogP contribution in [0.1, 0.15) is 6.92 Å². The Hall–Kier alpha value is -3.68. The number of hydrogen-bond donors (Lipinski definition) is 1. The Labute approximate surface area is 147 Å². The molecule has 8 nitrogen and oxygen atoms in total. The molecule has 1 N–H and O–H groups in total. The van der Waals surface area contributed by atoms with Crippen molar-refractivity contribution in [3.05, 3.63) is 64.7 Å². The van der Waals surface area contributed by atoms with Crippen molar-refractivity contribution in [1.29, 1.82) is 0 Å². The zero-order chi connectivity index (χ0) is 18.7. The number of rotatable bonds is 6. The van der Waals surface area contributed by atoms with Gasteiger partial charge in [0.1, 0.15) is 11.5 Å².